The van der Waals surface area contributed by atoms with Crippen LogP contribution in [0.2, 0.25) is 4.34 Å². The molecule has 1 fully saturated rings. The molecule has 0 radical (unpaired) electrons. The molecule has 0 aromatic carbocycles. The van der Waals surface area contributed by atoms with Crippen LogP contribution >= 0.6 is 22.9 Å². The van der Waals surface area contributed by atoms with Crippen LogP contribution in [0.3, 0.4) is 0 Å². The Morgan fingerprint density at radius 1 is 1.23 bits per heavy atom. The van der Waals surface area contributed by atoms with E-state index in [9.17, 15) is 9.59 Å². The first-order chi connectivity index (χ1) is 10.5. The molecule has 0 N–H and O–H groups in total. The van der Waals surface area contributed by atoms with Crippen molar-refractivity contribution in [1.82, 2.24) is 14.7 Å². The summed E-state index contributed by atoms with van der Waals surface area (Å²) in [6, 6.07) is 3.89. The molecule has 0 aliphatic carbocycles. The lowest BCUT2D eigenvalue weighted by Gasteiger charge is -2.35. The molecule has 0 spiro atoms. The van der Waals surface area contributed by atoms with E-state index < -0.39 is 0 Å². The summed E-state index contributed by atoms with van der Waals surface area (Å²) >= 11 is 7.50. The monoisotopic (exact) mass is 343 g/mol. The molecule has 2 heterocycles. The summed E-state index contributed by atoms with van der Waals surface area (Å²) in [5.41, 5.74) is 0. The van der Waals surface area contributed by atoms with Crippen LogP contribution in [0.1, 0.15) is 18.7 Å². The number of hydrogen-bond donors (Lipinski definition) is 0. The molecule has 0 atom stereocenters. The van der Waals surface area contributed by atoms with E-state index in [1.54, 1.807) is 23.2 Å². The van der Waals surface area contributed by atoms with E-state index in [2.05, 4.69) is 11.8 Å². The van der Waals surface area contributed by atoms with Gasteiger partial charge in [-0.15, -0.1) is 11.3 Å². The molecule has 0 saturated carbocycles. The Morgan fingerprint density at radius 3 is 2.36 bits per heavy atom. The van der Waals surface area contributed by atoms with Gasteiger partial charge < -0.3 is 9.80 Å². The summed E-state index contributed by atoms with van der Waals surface area (Å²) < 4.78 is 0.776. The molecule has 1 aliphatic heterocycles. The second-order valence-electron chi connectivity index (χ2n) is 5.40. The fourth-order valence-corrected chi connectivity index (χ4v) is 3.63. The van der Waals surface area contributed by atoms with Crippen LogP contribution < -0.4 is 0 Å². The largest absolute Gasteiger partial charge is 0.339 e. The number of nitrogens with zero attached hydrogens (tertiary/aromatic N) is 3. The number of hydrogen-bond acceptors (Lipinski definition) is 4. The smallest absolute Gasteiger partial charge is 0.236 e. The minimum Gasteiger partial charge on any atom is -0.339 e. The van der Waals surface area contributed by atoms with Crippen molar-refractivity contribution in [3.05, 3.63) is 21.3 Å². The predicted octanol–water partition coefficient (Wildman–Crippen LogP) is 1.91. The molecule has 1 saturated heterocycles. The van der Waals surface area contributed by atoms with Crippen molar-refractivity contribution in [2.45, 2.75) is 20.4 Å². The predicted molar refractivity (Wildman–Crippen MR) is 89.1 cm³/mol. The first-order valence-electron chi connectivity index (χ1n) is 7.49. The first-order valence-corrected chi connectivity index (χ1v) is 8.69. The Kier molecular flexibility index (Phi) is 6.23. The minimum absolute atomic E-state index is 0.0804. The zero-order valence-electron chi connectivity index (χ0n) is 13.0. The summed E-state index contributed by atoms with van der Waals surface area (Å²) in [5, 5.41) is 0. The molecule has 0 bridgehead atoms. The second kappa shape index (κ2) is 7.94. The zero-order chi connectivity index (χ0) is 16.1. The van der Waals surface area contributed by atoms with Crippen molar-refractivity contribution in [3.8, 4) is 0 Å². The van der Waals surface area contributed by atoms with Crippen molar-refractivity contribution >= 4 is 34.8 Å². The lowest BCUT2D eigenvalue weighted by Crippen LogP contribution is -2.52. The fourth-order valence-electron chi connectivity index (χ4n) is 2.50. The van der Waals surface area contributed by atoms with Crippen LogP contribution in [-0.2, 0) is 16.1 Å². The van der Waals surface area contributed by atoms with Crippen molar-refractivity contribution in [1.29, 1.82) is 0 Å². The number of carbonyl (C=O) groups is 2. The average molecular weight is 344 g/mol. The number of amides is 2. The third kappa shape index (κ3) is 4.69. The highest BCUT2D eigenvalue weighted by atomic mass is 35.5. The van der Waals surface area contributed by atoms with Crippen molar-refractivity contribution < 1.29 is 9.59 Å². The number of thiophene rings is 1. The SMILES string of the molecule is CCN(CC(=O)N1CCN(C(C)=O)CC1)Cc1ccc(Cl)s1. The minimum atomic E-state index is 0.0804. The summed E-state index contributed by atoms with van der Waals surface area (Å²) in [6.45, 7) is 8.11. The molecular formula is C15H22ClN3O2S. The van der Waals surface area contributed by atoms with Gasteiger partial charge in [0.05, 0.1) is 10.9 Å². The Morgan fingerprint density at radius 2 is 1.86 bits per heavy atom. The number of rotatable bonds is 5. The van der Waals surface area contributed by atoms with E-state index in [1.807, 2.05) is 17.0 Å². The maximum Gasteiger partial charge on any atom is 0.236 e. The van der Waals surface area contributed by atoms with Crippen LogP contribution in [0.25, 0.3) is 0 Å². The van der Waals surface area contributed by atoms with Gasteiger partial charge in [-0.2, -0.15) is 0 Å². The standard InChI is InChI=1S/C15H22ClN3O2S/c1-3-17(10-13-4-5-14(16)22-13)11-15(21)19-8-6-18(7-9-19)12(2)20/h4-5H,3,6-11H2,1-2H3. The molecule has 2 amide bonds. The van der Waals surface area contributed by atoms with E-state index in [1.165, 1.54) is 4.88 Å². The van der Waals surface area contributed by atoms with E-state index in [-0.39, 0.29) is 11.8 Å². The molecule has 5 nitrogen and oxygen atoms in total. The third-order valence-corrected chi connectivity index (χ3v) is 5.11. The lowest BCUT2D eigenvalue weighted by molar-refractivity contribution is -0.139. The molecule has 1 aromatic heterocycles. The van der Waals surface area contributed by atoms with Gasteiger partial charge in [0.1, 0.15) is 0 Å². The summed E-state index contributed by atoms with van der Waals surface area (Å²) in [5.74, 6) is 0.213. The van der Waals surface area contributed by atoms with Gasteiger partial charge in [0.15, 0.2) is 0 Å². The van der Waals surface area contributed by atoms with Gasteiger partial charge >= 0.3 is 0 Å². The number of carbonyl (C=O) groups excluding carboxylic acids is 2. The number of likely N-dealkylation sites (N-methyl/N-ethyl adjacent to an activating group) is 1. The van der Waals surface area contributed by atoms with E-state index >= 15 is 0 Å². The van der Waals surface area contributed by atoms with Crippen molar-refractivity contribution in [2.24, 2.45) is 0 Å². The quantitative estimate of drug-likeness (QED) is 0.820. The lowest BCUT2D eigenvalue weighted by atomic mass is 10.3. The Labute approximate surface area is 140 Å². The van der Waals surface area contributed by atoms with Crippen molar-refractivity contribution in [3.63, 3.8) is 0 Å². The number of halogens is 1. The van der Waals surface area contributed by atoms with Gasteiger partial charge in [0, 0.05) is 44.5 Å². The van der Waals surface area contributed by atoms with Gasteiger partial charge in [-0.05, 0) is 18.7 Å². The molecule has 7 heteroatoms. The van der Waals surface area contributed by atoms with Gasteiger partial charge in [0.25, 0.3) is 0 Å². The highest BCUT2D eigenvalue weighted by molar-refractivity contribution is 7.16. The highest BCUT2D eigenvalue weighted by Gasteiger charge is 2.23. The molecule has 2 rings (SSSR count). The molecule has 1 aliphatic rings. The second-order valence-corrected chi connectivity index (χ2v) is 7.20. The fraction of sp³-hybridized carbons (Fsp3) is 0.600. The normalized spacial score (nSPS) is 15.5. The summed E-state index contributed by atoms with van der Waals surface area (Å²) in [6.07, 6.45) is 0. The third-order valence-electron chi connectivity index (χ3n) is 3.89. The van der Waals surface area contributed by atoms with Crippen LogP contribution in [-0.4, -0.2) is 65.8 Å². The van der Waals surface area contributed by atoms with Gasteiger partial charge in [-0.1, -0.05) is 18.5 Å². The van der Waals surface area contributed by atoms with Gasteiger partial charge in [-0.3, -0.25) is 14.5 Å². The Balaban J connectivity index is 1.83. The van der Waals surface area contributed by atoms with E-state index in [4.69, 9.17) is 11.6 Å². The zero-order valence-corrected chi connectivity index (χ0v) is 14.6. The van der Waals surface area contributed by atoms with Crippen LogP contribution in [0.5, 0.6) is 0 Å². The topological polar surface area (TPSA) is 43.9 Å². The molecular weight excluding hydrogens is 322 g/mol. The Hall–Kier alpha value is -1.11. The average Bonchev–Trinajstić information content (AvgIpc) is 2.91. The maximum atomic E-state index is 12.4. The molecule has 0 unspecified atom stereocenters. The van der Waals surface area contributed by atoms with Crippen LogP contribution in [0.4, 0.5) is 0 Å². The molecule has 22 heavy (non-hydrogen) atoms. The van der Waals surface area contributed by atoms with Crippen LogP contribution in [0, 0.1) is 0 Å². The summed E-state index contributed by atoms with van der Waals surface area (Å²) in [7, 11) is 0. The molecule has 1 aromatic rings. The van der Waals surface area contributed by atoms with E-state index in [0.29, 0.717) is 32.7 Å². The highest BCUT2D eigenvalue weighted by Crippen LogP contribution is 2.22. The van der Waals surface area contributed by atoms with Crippen LogP contribution in [0.15, 0.2) is 12.1 Å². The van der Waals surface area contributed by atoms with Gasteiger partial charge in [-0.25, -0.2) is 0 Å². The first kappa shape index (κ1) is 17.2. The number of piperazine rings is 1. The van der Waals surface area contributed by atoms with E-state index in [0.717, 1.165) is 17.4 Å². The van der Waals surface area contributed by atoms with Crippen molar-refractivity contribution in [2.75, 3.05) is 39.3 Å². The summed E-state index contributed by atoms with van der Waals surface area (Å²) in [4.78, 5) is 30.6. The molecule has 122 valence electrons. The Bertz CT molecular complexity index is 527. The van der Waals surface area contributed by atoms with Gasteiger partial charge in [0.2, 0.25) is 11.8 Å². The maximum absolute atomic E-state index is 12.4.